The highest BCUT2D eigenvalue weighted by Gasteiger charge is 2.12. The number of ether oxygens (including phenoxy) is 1. The van der Waals surface area contributed by atoms with Gasteiger partial charge in [-0.3, -0.25) is 10.1 Å². The second kappa shape index (κ2) is 9.35. The molecule has 0 saturated carbocycles. The Morgan fingerprint density at radius 3 is 2.69 bits per heavy atom. The van der Waals surface area contributed by atoms with Gasteiger partial charge in [-0.2, -0.15) is 0 Å². The molecule has 0 atom stereocenters. The maximum absolute atomic E-state index is 12.3. The van der Waals surface area contributed by atoms with Gasteiger partial charge >= 0.3 is 0 Å². The maximum atomic E-state index is 12.3. The van der Waals surface area contributed by atoms with E-state index in [2.05, 4.69) is 15.5 Å². The van der Waals surface area contributed by atoms with Crippen molar-refractivity contribution in [1.29, 1.82) is 0 Å². The van der Waals surface area contributed by atoms with E-state index in [-0.39, 0.29) is 5.91 Å². The van der Waals surface area contributed by atoms with Crippen LogP contribution in [0.3, 0.4) is 0 Å². The van der Waals surface area contributed by atoms with Gasteiger partial charge in [-0.25, -0.2) is 0 Å². The summed E-state index contributed by atoms with van der Waals surface area (Å²) in [5.41, 5.74) is 1.58. The quantitative estimate of drug-likeness (QED) is 0.347. The molecule has 0 unspecified atom stereocenters. The van der Waals surface area contributed by atoms with Crippen LogP contribution in [0.5, 0.6) is 5.75 Å². The van der Waals surface area contributed by atoms with Crippen LogP contribution in [-0.4, -0.2) is 28.5 Å². The molecule has 3 aromatic rings. The summed E-state index contributed by atoms with van der Waals surface area (Å²) in [5.74, 6) is 1.61. The van der Waals surface area contributed by atoms with Gasteiger partial charge in [-0.1, -0.05) is 59.5 Å². The lowest BCUT2D eigenvalue weighted by atomic mass is 10.1. The molecule has 5 nitrogen and oxygen atoms in total. The number of benzene rings is 2. The minimum atomic E-state index is -0.160. The van der Waals surface area contributed by atoms with E-state index in [1.54, 1.807) is 17.8 Å². The fraction of sp³-hybridized carbons (Fsp3) is 0.211. The number of carbonyl (C=O) groups excluding carboxylic acids is 1. The summed E-state index contributed by atoms with van der Waals surface area (Å²) in [6.07, 6.45) is 0.907. The Hall–Kier alpha value is -2.38. The summed E-state index contributed by atoms with van der Waals surface area (Å²) in [6.45, 7) is 2.57. The molecule has 2 aromatic carbocycles. The number of hydrogen-bond acceptors (Lipinski definition) is 6. The SMILES string of the molecule is Cc1ccccc1C(=O)Nc1nnc(SCCCOc2ccccc2)s1. The summed E-state index contributed by atoms with van der Waals surface area (Å²) >= 11 is 3.00. The van der Waals surface area contributed by atoms with Gasteiger partial charge in [0.05, 0.1) is 6.61 Å². The van der Waals surface area contributed by atoms with Gasteiger partial charge in [0, 0.05) is 11.3 Å². The van der Waals surface area contributed by atoms with Crippen molar-refractivity contribution in [2.45, 2.75) is 17.7 Å². The van der Waals surface area contributed by atoms with Crippen molar-refractivity contribution in [2.75, 3.05) is 17.7 Å². The van der Waals surface area contributed by atoms with E-state index in [4.69, 9.17) is 4.74 Å². The first-order chi connectivity index (χ1) is 12.7. The molecule has 134 valence electrons. The molecule has 1 aromatic heterocycles. The van der Waals surface area contributed by atoms with E-state index in [9.17, 15) is 4.79 Å². The van der Waals surface area contributed by atoms with Gasteiger partial charge in [-0.05, 0) is 37.1 Å². The third-order valence-corrected chi connectivity index (χ3v) is 5.60. The van der Waals surface area contributed by atoms with Crippen LogP contribution < -0.4 is 10.1 Å². The zero-order chi connectivity index (χ0) is 18.2. The predicted molar refractivity (Wildman–Crippen MR) is 106 cm³/mol. The van der Waals surface area contributed by atoms with E-state index in [0.717, 1.165) is 27.8 Å². The molecule has 1 heterocycles. The Balaban J connectivity index is 1.42. The van der Waals surface area contributed by atoms with Crippen LogP contribution in [-0.2, 0) is 0 Å². The van der Waals surface area contributed by atoms with E-state index in [1.807, 2.05) is 55.5 Å². The van der Waals surface area contributed by atoms with Crippen LogP contribution in [0, 0.1) is 6.92 Å². The van der Waals surface area contributed by atoms with Crippen LogP contribution in [0.15, 0.2) is 58.9 Å². The number of thioether (sulfide) groups is 1. The zero-order valence-corrected chi connectivity index (χ0v) is 16.0. The number of aromatic nitrogens is 2. The minimum Gasteiger partial charge on any atom is -0.494 e. The number of anilines is 1. The van der Waals surface area contributed by atoms with Gasteiger partial charge in [0.1, 0.15) is 5.75 Å². The Labute approximate surface area is 160 Å². The van der Waals surface area contributed by atoms with Gasteiger partial charge in [0.2, 0.25) is 5.13 Å². The molecule has 0 fully saturated rings. The molecular formula is C19H19N3O2S2. The van der Waals surface area contributed by atoms with E-state index in [1.165, 1.54) is 11.3 Å². The summed E-state index contributed by atoms with van der Waals surface area (Å²) in [4.78, 5) is 12.3. The Bertz CT molecular complexity index is 853. The number of para-hydroxylation sites is 1. The number of carbonyl (C=O) groups is 1. The second-order valence-electron chi connectivity index (χ2n) is 5.51. The molecule has 7 heteroatoms. The number of hydrogen-bond donors (Lipinski definition) is 1. The van der Waals surface area contributed by atoms with Gasteiger partial charge in [0.15, 0.2) is 4.34 Å². The lowest BCUT2D eigenvalue weighted by molar-refractivity contribution is 0.102. The number of aryl methyl sites for hydroxylation is 1. The number of rotatable bonds is 8. The zero-order valence-electron chi connectivity index (χ0n) is 14.3. The average Bonchev–Trinajstić information content (AvgIpc) is 3.10. The molecule has 1 N–H and O–H groups in total. The van der Waals surface area contributed by atoms with Gasteiger partial charge < -0.3 is 4.74 Å². The van der Waals surface area contributed by atoms with Crippen molar-refractivity contribution in [1.82, 2.24) is 10.2 Å². The topological polar surface area (TPSA) is 64.1 Å². The van der Waals surface area contributed by atoms with E-state index >= 15 is 0 Å². The predicted octanol–water partition coefficient (Wildman–Crippen LogP) is 4.66. The summed E-state index contributed by atoms with van der Waals surface area (Å²) < 4.78 is 6.50. The second-order valence-corrected chi connectivity index (χ2v) is 7.83. The molecule has 0 bridgehead atoms. The van der Waals surface area contributed by atoms with E-state index < -0.39 is 0 Å². The lowest BCUT2D eigenvalue weighted by Crippen LogP contribution is -2.12. The average molecular weight is 386 g/mol. The third-order valence-electron chi connectivity index (χ3n) is 3.54. The number of amides is 1. The minimum absolute atomic E-state index is 0.160. The lowest BCUT2D eigenvalue weighted by Gasteiger charge is -2.04. The van der Waals surface area contributed by atoms with Crippen LogP contribution in [0.1, 0.15) is 22.3 Å². The molecule has 26 heavy (non-hydrogen) atoms. The molecule has 0 aliphatic rings. The summed E-state index contributed by atoms with van der Waals surface area (Å²) in [7, 11) is 0. The molecule has 0 saturated heterocycles. The van der Waals surface area contributed by atoms with Crippen molar-refractivity contribution >= 4 is 34.1 Å². The van der Waals surface area contributed by atoms with Crippen molar-refractivity contribution in [3.63, 3.8) is 0 Å². The maximum Gasteiger partial charge on any atom is 0.257 e. The summed E-state index contributed by atoms with van der Waals surface area (Å²) in [5, 5.41) is 11.5. The molecule has 3 rings (SSSR count). The number of nitrogens with one attached hydrogen (secondary N) is 1. The molecule has 0 radical (unpaired) electrons. The molecule has 0 spiro atoms. The van der Waals surface area contributed by atoms with Crippen LogP contribution in [0.4, 0.5) is 5.13 Å². The fourth-order valence-corrected chi connectivity index (χ4v) is 3.97. The largest absolute Gasteiger partial charge is 0.494 e. The van der Waals surface area contributed by atoms with E-state index in [0.29, 0.717) is 17.3 Å². The normalized spacial score (nSPS) is 10.5. The Morgan fingerprint density at radius 1 is 1.12 bits per heavy atom. The number of nitrogens with zero attached hydrogens (tertiary/aromatic N) is 2. The highest BCUT2D eigenvalue weighted by atomic mass is 32.2. The first-order valence-corrected chi connectivity index (χ1v) is 10.0. The van der Waals surface area contributed by atoms with Crippen molar-refractivity contribution in [3.8, 4) is 5.75 Å². The Morgan fingerprint density at radius 2 is 1.88 bits per heavy atom. The first kappa shape index (κ1) is 18.4. The molecular weight excluding hydrogens is 366 g/mol. The highest BCUT2D eigenvalue weighted by Crippen LogP contribution is 2.26. The monoisotopic (exact) mass is 385 g/mol. The standard InChI is InChI=1S/C19H19N3O2S2/c1-14-8-5-6-11-16(14)17(23)20-18-21-22-19(26-18)25-13-7-12-24-15-9-3-2-4-10-15/h2-6,8-11H,7,12-13H2,1H3,(H,20,21,23). The third kappa shape index (κ3) is 5.31. The van der Waals surface area contributed by atoms with Gasteiger partial charge in [0.25, 0.3) is 5.91 Å². The van der Waals surface area contributed by atoms with Crippen LogP contribution in [0.25, 0.3) is 0 Å². The van der Waals surface area contributed by atoms with Crippen LogP contribution >= 0.6 is 23.1 Å². The smallest absolute Gasteiger partial charge is 0.257 e. The molecule has 1 amide bonds. The van der Waals surface area contributed by atoms with Crippen molar-refractivity contribution in [2.24, 2.45) is 0 Å². The highest BCUT2D eigenvalue weighted by molar-refractivity contribution is 8.01. The summed E-state index contributed by atoms with van der Waals surface area (Å²) in [6, 6.07) is 17.2. The van der Waals surface area contributed by atoms with Crippen molar-refractivity contribution in [3.05, 3.63) is 65.7 Å². The van der Waals surface area contributed by atoms with Crippen molar-refractivity contribution < 1.29 is 9.53 Å². The Kier molecular flexibility index (Phi) is 6.62. The van der Waals surface area contributed by atoms with Crippen LogP contribution in [0.2, 0.25) is 0 Å². The first-order valence-electron chi connectivity index (χ1n) is 8.23. The molecule has 0 aliphatic heterocycles. The fourth-order valence-electron chi connectivity index (χ4n) is 2.24. The molecule has 0 aliphatic carbocycles. The van der Waals surface area contributed by atoms with Gasteiger partial charge in [-0.15, -0.1) is 10.2 Å².